The first-order chi connectivity index (χ1) is 10.2. The number of hydrogen-bond acceptors (Lipinski definition) is 7. The van der Waals surface area contributed by atoms with E-state index in [1.54, 1.807) is 30.3 Å². The van der Waals surface area contributed by atoms with Gasteiger partial charge in [-0.3, -0.25) is 4.79 Å². The molecule has 0 atom stereocenters. The van der Waals surface area contributed by atoms with E-state index < -0.39 is 0 Å². The number of nitrogens with zero attached hydrogens (tertiary/aromatic N) is 2. The third-order valence-electron chi connectivity index (χ3n) is 2.41. The monoisotopic (exact) mass is 305 g/mol. The summed E-state index contributed by atoms with van der Waals surface area (Å²) in [6.07, 6.45) is 2.74. The normalized spacial score (nSPS) is 15.8. The van der Waals surface area contributed by atoms with Gasteiger partial charge >= 0.3 is 0 Å². The van der Waals surface area contributed by atoms with Crippen molar-refractivity contribution >= 4 is 41.3 Å². The average molecular weight is 305 g/mol. The van der Waals surface area contributed by atoms with Crippen LogP contribution in [-0.2, 0) is 19.4 Å². The van der Waals surface area contributed by atoms with Gasteiger partial charge in [-0.1, -0.05) is 36.1 Å². The van der Waals surface area contributed by atoms with E-state index in [0.29, 0.717) is 11.3 Å². The molecule has 0 unspecified atom stereocenters. The van der Waals surface area contributed by atoms with Crippen LogP contribution in [0.15, 0.2) is 47.8 Å². The first kappa shape index (κ1) is 14.7. The number of benzene rings is 1. The summed E-state index contributed by atoms with van der Waals surface area (Å²) in [4.78, 5) is 20.0. The molecule has 1 heterocycles. The molecule has 0 saturated heterocycles. The Morgan fingerprint density at radius 3 is 2.67 bits per heavy atom. The minimum Gasteiger partial charge on any atom is -0.407 e. The van der Waals surface area contributed by atoms with Gasteiger partial charge in [-0.15, -0.1) is 5.10 Å². The van der Waals surface area contributed by atoms with Gasteiger partial charge in [0.2, 0.25) is 0 Å². The van der Waals surface area contributed by atoms with Crippen LogP contribution in [-0.4, -0.2) is 22.5 Å². The van der Waals surface area contributed by atoms with Gasteiger partial charge in [-0.2, -0.15) is 0 Å². The van der Waals surface area contributed by atoms with E-state index in [1.165, 1.54) is 0 Å². The van der Waals surface area contributed by atoms with Crippen LogP contribution in [0.1, 0.15) is 5.56 Å². The molecule has 0 amide bonds. The molecule has 2 rings (SSSR count). The number of nitrogen functional groups attached to an aromatic ring is 1. The maximum absolute atomic E-state index is 10.5. The van der Waals surface area contributed by atoms with Crippen LogP contribution < -0.4 is 5.73 Å². The Labute approximate surface area is 125 Å². The summed E-state index contributed by atoms with van der Waals surface area (Å²) in [5.74, 6) is -0.000475. The molecular weight excluding hydrogens is 294 g/mol. The van der Waals surface area contributed by atoms with Gasteiger partial charge in [-0.25, -0.2) is 0 Å². The molecule has 21 heavy (non-hydrogen) atoms. The van der Waals surface area contributed by atoms with E-state index in [0.717, 1.165) is 17.0 Å². The lowest BCUT2D eigenvalue weighted by atomic mass is 10.1. The second-order valence-corrected chi connectivity index (χ2v) is 4.15. The summed E-state index contributed by atoms with van der Waals surface area (Å²) < 4.78 is 4.78. The van der Waals surface area contributed by atoms with Gasteiger partial charge in [0.15, 0.2) is 4.99 Å². The number of carbonyl (C=O) groups excluding carboxylic acids is 1. The Bertz CT molecular complexity index is 625. The highest BCUT2D eigenvalue weighted by molar-refractivity contribution is 7.80. The Morgan fingerprint density at radius 2 is 2.05 bits per heavy atom. The third-order valence-corrected chi connectivity index (χ3v) is 2.78. The van der Waals surface area contributed by atoms with Crippen LogP contribution in [0.4, 0.5) is 5.69 Å². The van der Waals surface area contributed by atoms with Crippen molar-refractivity contribution in [2.24, 2.45) is 5.10 Å². The summed E-state index contributed by atoms with van der Waals surface area (Å²) in [7, 11) is 0. The Hall–Kier alpha value is -2.71. The Morgan fingerprint density at radius 1 is 1.33 bits per heavy atom. The van der Waals surface area contributed by atoms with Crippen molar-refractivity contribution < 1.29 is 19.4 Å². The zero-order valence-electron chi connectivity index (χ0n) is 10.8. The lowest BCUT2D eigenvalue weighted by Crippen LogP contribution is -2.20. The highest BCUT2D eigenvalue weighted by atomic mass is 32.1. The second kappa shape index (κ2) is 6.64. The van der Waals surface area contributed by atoms with Crippen molar-refractivity contribution in [3.63, 3.8) is 0 Å². The fraction of sp³-hybridized carbons (Fsp3) is 0. The number of hydrazone groups is 1. The van der Waals surface area contributed by atoms with E-state index in [-0.39, 0.29) is 17.4 Å². The van der Waals surface area contributed by atoms with Crippen molar-refractivity contribution in [3.05, 3.63) is 48.2 Å². The van der Waals surface area contributed by atoms with Crippen LogP contribution >= 0.6 is 12.2 Å². The number of nitrogens with two attached hydrogens (primary N) is 1. The predicted molar refractivity (Wildman–Crippen MR) is 80.2 cm³/mol. The van der Waals surface area contributed by atoms with Crippen molar-refractivity contribution in [1.29, 1.82) is 0 Å². The molecular formula is C13H11N3O4S. The Balaban J connectivity index is 2.29. The number of rotatable bonds is 5. The largest absolute Gasteiger partial charge is 0.407 e. The van der Waals surface area contributed by atoms with Crippen LogP contribution in [0, 0.1) is 0 Å². The summed E-state index contributed by atoms with van der Waals surface area (Å²) in [5.41, 5.74) is 7.45. The SMILES string of the molecule is C=COON1N=C(OC=O)/C(=C/c2ccc(N)cc2)C1=S. The minimum absolute atomic E-state index is 0.000475. The minimum atomic E-state index is -0.000475. The zero-order valence-corrected chi connectivity index (χ0v) is 11.6. The quantitative estimate of drug-likeness (QED) is 0.169. The molecule has 0 aromatic heterocycles. The van der Waals surface area contributed by atoms with E-state index >= 15 is 0 Å². The maximum Gasteiger partial charge on any atom is 0.299 e. The smallest absolute Gasteiger partial charge is 0.299 e. The van der Waals surface area contributed by atoms with Crippen molar-refractivity contribution in [2.45, 2.75) is 0 Å². The van der Waals surface area contributed by atoms with Gasteiger partial charge < -0.3 is 15.4 Å². The Kier molecular flexibility index (Phi) is 4.64. The molecule has 1 aliphatic rings. The second-order valence-electron chi connectivity index (χ2n) is 3.76. The topological polar surface area (TPSA) is 86.4 Å². The molecule has 2 N–H and O–H groups in total. The third kappa shape index (κ3) is 3.44. The van der Waals surface area contributed by atoms with Crippen LogP contribution in [0.25, 0.3) is 6.08 Å². The van der Waals surface area contributed by atoms with Crippen molar-refractivity contribution in [3.8, 4) is 0 Å². The van der Waals surface area contributed by atoms with Crippen LogP contribution in [0.3, 0.4) is 0 Å². The highest BCUT2D eigenvalue weighted by Crippen LogP contribution is 2.21. The molecule has 1 aromatic rings. The predicted octanol–water partition coefficient (Wildman–Crippen LogP) is 1.79. The van der Waals surface area contributed by atoms with E-state index in [4.69, 9.17) is 27.7 Å². The lowest BCUT2D eigenvalue weighted by Gasteiger charge is -2.08. The maximum atomic E-state index is 10.5. The molecule has 1 aromatic carbocycles. The number of thiocarbonyl (C=S) groups is 1. The van der Waals surface area contributed by atoms with Gasteiger partial charge in [-0.05, 0) is 28.8 Å². The molecule has 0 radical (unpaired) electrons. The average Bonchev–Trinajstić information content (AvgIpc) is 2.76. The molecule has 8 heteroatoms. The van der Waals surface area contributed by atoms with Crippen LogP contribution in [0.5, 0.6) is 0 Å². The summed E-state index contributed by atoms with van der Waals surface area (Å²) in [6, 6.07) is 7.04. The van der Waals surface area contributed by atoms with Gasteiger partial charge in [0, 0.05) is 5.69 Å². The fourth-order valence-corrected chi connectivity index (χ4v) is 1.73. The zero-order chi connectivity index (χ0) is 15.2. The van der Waals surface area contributed by atoms with Crippen molar-refractivity contribution in [1.82, 2.24) is 5.17 Å². The van der Waals surface area contributed by atoms with E-state index in [1.807, 2.05) is 0 Å². The number of hydroxylamine groups is 1. The molecule has 0 saturated carbocycles. The molecule has 108 valence electrons. The molecule has 1 aliphatic heterocycles. The number of anilines is 1. The number of ether oxygens (including phenoxy) is 1. The molecule has 0 bridgehead atoms. The molecule has 7 nitrogen and oxygen atoms in total. The first-order valence-corrected chi connectivity index (χ1v) is 6.12. The number of carbonyl (C=O) groups is 1. The summed E-state index contributed by atoms with van der Waals surface area (Å²) in [6.45, 7) is 3.56. The highest BCUT2D eigenvalue weighted by Gasteiger charge is 2.30. The summed E-state index contributed by atoms with van der Waals surface area (Å²) >= 11 is 5.17. The summed E-state index contributed by atoms with van der Waals surface area (Å²) in [5, 5.41) is 4.76. The van der Waals surface area contributed by atoms with Crippen LogP contribution in [0.2, 0.25) is 0 Å². The molecule has 0 aliphatic carbocycles. The first-order valence-electron chi connectivity index (χ1n) is 5.71. The van der Waals surface area contributed by atoms with E-state index in [2.05, 4.69) is 16.6 Å². The van der Waals surface area contributed by atoms with Gasteiger partial charge in [0.1, 0.15) is 6.26 Å². The number of hydrogen-bond donors (Lipinski definition) is 1. The lowest BCUT2D eigenvalue weighted by molar-refractivity contribution is -0.367. The van der Waals surface area contributed by atoms with Gasteiger partial charge in [0.25, 0.3) is 12.4 Å². The van der Waals surface area contributed by atoms with Crippen molar-refractivity contribution in [2.75, 3.05) is 5.73 Å². The van der Waals surface area contributed by atoms with Gasteiger partial charge in [0.05, 0.1) is 5.57 Å². The fourth-order valence-electron chi connectivity index (χ4n) is 1.51. The standard InChI is InChI=1S/C13H11N3O4S/c1-2-19-20-16-13(21)11(12(15-16)18-8-17)7-9-3-5-10(14)6-4-9/h2-8H,1,14H2/b11-7-. The molecule has 0 spiro atoms. The van der Waals surface area contributed by atoms with E-state index in [9.17, 15) is 4.79 Å². The molecule has 0 fully saturated rings.